The van der Waals surface area contributed by atoms with E-state index in [1.165, 1.54) is 5.56 Å². The molecule has 1 amide bonds. The lowest BCUT2D eigenvalue weighted by molar-refractivity contribution is -0.115. The quantitative estimate of drug-likeness (QED) is 0.620. The SMILES string of the molecule is COc1ccc(CC(=O)Nc2ccc(NC(C)c3ccccc3)cc2)cc1. The van der Waals surface area contributed by atoms with Gasteiger partial charge in [0, 0.05) is 17.4 Å². The molecule has 0 saturated heterocycles. The molecule has 4 nitrogen and oxygen atoms in total. The highest BCUT2D eigenvalue weighted by Crippen LogP contribution is 2.21. The van der Waals surface area contributed by atoms with Crippen LogP contribution in [0.4, 0.5) is 11.4 Å². The third-order valence-electron chi connectivity index (χ3n) is 4.38. The van der Waals surface area contributed by atoms with Crippen molar-refractivity contribution in [3.63, 3.8) is 0 Å². The number of carbonyl (C=O) groups excluding carboxylic acids is 1. The van der Waals surface area contributed by atoms with Gasteiger partial charge in [-0.3, -0.25) is 4.79 Å². The second-order valence-electron chi connectivity index (χ2n) is 6.43. The number of methoxy groups -OCH3 is 1. The van der Waals surface area contributed by atoms with Gasteiger partial charge in [0.25, 0.3) is 0 Å². The molecular formula is C23H24N2O2. The molecule has 0 aliphatic rings. The number of ether oxygens (including phenoxy) is 1. The maximum atomic E-state index is 12.2. The van der Waals surface area contributed by atoms with E-state index in [1.54, 1.807) is 7.11 Å². The van der Waals surface area contributed by atoms with Crippen molar-refractivity contribution in [1.82, 2.24) is 0 Å². The molecule has 2 N–H and O–H groups in total. The largest absolute Gasteiger partial charge is 0.497 e. The lowest BCUT2D eigenvalue weighted by Crippen LogP contribution is -2.14. The normalized spacial score (nSPS) is 11.5. The van der Waals surface area contributed by atoms with Gasteiger partial charge >= 0.3 is 0 Å². The molecule has 0 saturated carbocycles. The number of carbonyl (C=O) groups is 1. The summed E-state index contributed by atoms with van der Waals surface area (Å²) in [4.78, 5) is 12.2. The topological polar surface area (TPSA) is 50.4 Å². The Bertz CT molecular complexity index is 859. The molecule has 3 rings (SSSR count). The molecule has 138 valence electrons. The molecular weight excluding hydrogens is 336 g/mol. The average molecular weight is 360 g/mol. The van der Waals surface area contributed by atoms with E-state index in [-0.39, 0.29) is 11.9 Å². The van der Waals surface area contributed by atoms with Crippen LogP contribution in [0, 0.1) is 0 Å². The average Bonchev–Trinajstić information content (AvgIpc) is 2.70. The first-order valence-electron chi connectivity index (χ1n) is 8.98. The Kier molecular flexibility index (Phi) is 6.10. The first kappa shape index (κ1) is 18.5. The molecule has 4 heteroatoms. The highest BCUT2D eigenvalue weighted by molar-refractivity contribution is 5.92. The van der Waals surface area contributed by atoms with Crippen molar-refractivity contribution in [3.8, 4) is 5.75 Å². The number of hydrogen-bond donors (Lipinski definition) is 2. The summed E-state index contributed by atoms with van der Waals surface area (Å²) in [5, 5.41) is 6.40. The van der Waals surface area contributed by atoms with Crippen LogP contribution < -0.4 is 15.4 Å². The fourth-order valence-electron chi connectivity index (χ4n) is 2.86. The van der Waals surface area contributed by atoms with Gasteiger partial charge in [0.05, 0.1) is 13.5 Å². The standard InChI is InChI=1S/C23H24N2O2/c1-17(19-6-4-3-5-7-19)24-20-10-12-21(13-11-20)25-23(26)16-18-8-14-22(27-2)15-9-18/h3-15,17,24H,16H2,1-2H3,(H,25,26). The number of rotatable bonds is 7. The Morgan fingerprint density at radius 2 is 1.52 bits per heavy atom. The molecule has 0 radical (unpaired) electrons. The third-order valence-corrected chi connectivity index (χ3v) is 4.38. The Balaban J connectivity index is 1.54. The molecule has 0 aliphatic heterocycles. The fraction of sp³-hybridized carbons (Fsp3) is 0.174. The highest BCUT2D eigenvalue weighted by atomic mass is 16.5. The van der Waals surface area contributed by atoms with Gasteiger partial charge in [0.15, 0.2) is 0 Å². The number of nitrogens with one attached hydrogen (secondary N) is 2. The van der Waals surface area contributed by atoms with Crippen LogP contribution in [0.15, 0.2) is 78.9 Å². The number of hydrogen-bond acceptors (Lipinski definition) is 3. The van der Waals surface area contributed by atoms with Crippen molar-refractivity contribution in [1.29, 1.82) is 0 Å². The molecule has 0 spiro atoms. The smallest absolute Gasteiger partial charge is 0.228 e. The van der Waals surface area contributed by atoms with Crippen molar-refractivity contribution in [3.05, 3.63) is 90.0 Å². The summed E-state index contributed by atoms with van der Waals surface area (Å²) < 4.78 is 5.13. The minimum Gasteiger partial charge on any atom is -0.497 e. The molecule has 3 aromatic carbocycles. The molecule has 0 aromatic heterocycles. The van der Waals surface area contributed by atoms with Crippen molar-refractivity contribution < 1.29 is 9.53 Å². The van der Waals surface area contributed by atoms with Crippen LogP contribution in [0.5, 0.6) is 5.75 Å². The van der Waals surface area contributed by atoms with Crippen LogP contribution in [0.1, 0.15) is 24.1 Å². The third kappa shape index (κ3) is 5.35. The number of amides is 1. The van der Waals surface area contributed by atoms with Gasteiger partial charge in [-0.1, -0.05) is 42.5 Å². The Morgan fingerprint density at radius 1 is 0.889 bits per heavy atom. The Morgan fingerprint density at radius 3 is 2.15 bits per heavy atom. The van der Waals surface area contributed by atoms with E-state index in [0.29, 0.717) is 6.42 Å². The minimum atomic E-state index is -0.0430. The predicted octanol–water partition coefficient (Wildman–Crippen LogP) is 5.05. The zero-order valence-electron chi connectivity index (χ0n) is 15.6. The van der Waals surface area contributed by atoms with E-state index >= 15 is 0 Å². The van der Waals surface area contributed by atoms with Crippen LogP contribution >= 0.6 is 0 Å². The van der Waals surface area contributed by atoms with Gasteiger partial charge in [0.2, 0.25) is 5.91 Å². The van der Waals surface area contributed by atoms with Crippen molar-refractivity contribution in [2.45, 2.75) is 19.4 Å². The van der Waals surface area contributed by atoms with E-state index in [0.717, 1.165) is 22.7 Å². The Hall–Kier alpha value is -3.27. The van der Waals surface area contributed by atoms with Crippen molar-refractivity contribution in [2.75, 3.05) is 17.7 Å². The van der Waals surface area contributed by atoms with Crippen molar-refractivity contribution >= 4 is 17.3 Å². The van der Waals surface area contributed by atoms with Gasteiger partial charge in [-0.25, -0.2) is 0 Å². The van der Waals surface area contributed by atoms with E-state index < -0.39 is 0 Å². The number of benzene rings is 3. The summed E-state index contributed by atoms with van der Waals surface area (Å²) in [5.74, 6) is 0.741. The van der Waals surface area contributed by atoms with Crippen molar-refractivity contribution in [2.24, 2.45) is 0 Å². The summed E-state index contributed by atoms with van der Waals surface area (Å²) in [6.45, 7) is 2.12. The van der Waals surface area contributed by atoms with Gasteiger partial charge in [-0.05, 0) is 54.4 Å². The van der Waals surface area contributed by atoms with Crippen LogP contribution in [0.3, 0.4) is 0 Å². The van der Waals surface area contributed by atoms with Crippen LogP contribution in [-0.4, -0.2) is 13.0 Å². The monoisotopic (exact) mass is 360 g/mol. The van der Waals surface area contributed by atoms with E-state index in [9.17, 15) is 4.79 Å². The predicted molar refractivity (Wildman–Crippen MR) is 110 cm³/mol. The minimum absolute atomic E-state index is 0.0430. The first-order valence-corrected chi connectivity index (χ1v) is 8.98. The first-order chi connectivity index (χ1) is 13.1. The summed E-state index contributed by atoms with van der Waals surface area (Å²) >= 11 is 0. The fourth-order valence-corrected chi connectivity index (χ4v) is 2.86. The second kappa shape index (κ2) is 8.90. The van der Waals surface area contributed by atoms with E-state index in [2.05, 4.69) is 29.7 Å². The molecule has 1 atom stereocenters. The number of anilines is 2. The van der Waals surface area contributed by atoms with Crippen LogP contribution in [0.25, 0.3) is 0 Å². The lowest BCUT2D eigenvalue weighted by atomic mass is 10.1. The van der Waals surface area contributed by atoms with Gasteiger partial charge < -0.3 is 15.4 Å². The molecule has 0 bridgehead atoms. The zero-order chi connectivity index (χ0) is 19.1. The molecule has 27 heavy (non-hydrogen) atoms. The van der Waals surface area contributed by atoms with Gasteiger partial charge in [0.1, 0.15) is 5.75 Å². The van der Waals surface area contributed by atoms with E-state index in [1.807, 2.05) is 66.7 Å². The zero-order valence-corrected chi connectivity index (χ0v) is 15.6. The molecule has 0 heterocycles. The molecule has 0 aliphatic carbocycles. The van der Waals surface area contributed by atoms with Crippen LogP contribution in [0.2, 0.25) is 0 Å². The Labute approximate surface area is 160 Å². The maximum absolute atomic E-state index is 12.2. The highest BCUT2D eigenvalue weighted by Gasteiger charge is 2.07. The van der Waals surface area contributed by atoms with Gasteiger partial charge in [-0.2, -0.15) is 0 Å². The summed E-state index contributed by atoms with van der Waals surface area (Å²) in [7, 11) is 1.63. The second-order valence-corrected chi connectivity index (χ2v) is 6.43. The maximum Gasteiger partial charge on any atom is 0.228 e. The molecule has 0 fully saturated rings. The summed E-state index contributed by atoms with van der Waals surface area (Å²) in [6, 6.07) is 25.8. The van der Waals surface area contributed by atoms with Gasteiger partial charge in [-0.15, -0.1) is 0 Å². The molecule has 1 unspecified atom stereocenters. The van der Waals surface area contributed by atoms with Crippen LogP contribution in [-0.2, 0) is 11.2 Å². The van der Waals surface area contributed by atoms with E-state index in [4.69, 9.17) is 4.74 Å². The lowest BCUT2D eigenvalue weighted by Gasteiger charge is -2.16. The summed E-state index contributed by atoms with van der Waals surface area (Å²) in [5.41, 5.74) is 3.98. The summed E-state index contributed by atoms with van der Waals surface area (Å²) in [6.07, 6.45) is 0.328. The molecule has 3 aromatic rings.